The Morgan fingerprint density at radius 1 is 1.03 bits per heavy atom. The molecule has 3 aliphatic rings. The molecule has 1 saturated carbocycles. The molecule has 3 fully saturated rings. The Labute approximate surface area is 190 Å². The van der Waals surface area contributed by atoms with Crippen molar-refractivity contribution in [2.75, 3.05) is 51.0 Å². The van der Waals surface area contributed by atoms with Crippen molar-refractivity contribution in [3.05, 3.63) is 18.1 Å². The Morgan fingerprint density at radius 3 is 2.44 bits per heavy atom. The first-order chi connectivity index (χ1) is 15.5. The summed E-state index contributed by atoms with van der Waals surface area (Å²) in [5.41, 5.74) is 2.21. The fourth-order valence-corrected chi connectivity index (χ4v) is 6.43. The highest BCUT2D eigenvalue weighted by Gasteiger charge is 2.31. The monoisotopic (exact) mass is 462 g/mol. The molecule has 2 aromatic rings. The molecule has 0 bridgehead atoms. The molecule has 2 aromatic heterocycles. The number of nitrogens with zero attached hydrogens (tertiary/aromatic N) is 4. The average Bonchev–Trinajstić information content (AvgIpc) is 3.25. The van der Waals surface area contributed by atoms with Gasteiger partial charge >= 0.3 is 0 Å². The summed E-state index contributed by atoms with van der Waals surface area (Å²) in [5.74, 6) is 1.44. The number of nitrogens with one attached hydrogen (secondary N) is 2. The van der Waals surface area contributed by atoms with Crippen LogP contribution in [-0.2, 0) is 14.8 Å². The van der Waals surface area contributed by atoms with Crippen LogP contribution in [0, 0.1) is 0 Å². The van der Waals surface area contributed by atoms with Crippen LogP contribution in [0.1, 0.15) is 50.0 Å². The van der Waals surface area contributed by atoms with E-state index in [0.717, 1.165) is 81.7 Å². The number of aromatic amines is 1. The summed E-state index contributed by atoms with van der Waals surface area (Å²) in [6.07, 6.45) is 11.6. The molecular weight excluding hydrogens is 428 g/mol. The van der Waals surface area contributed by atoms with Crippen LogP contribution < -0.4 is 5.32 Å². The minimum atomic E-state index is -3.07. The molecule has 0 unspecified atom stereocenters. The molecule has 0 radical (unpaired) electrons. The third-order valence-corrected chi connectivity index (χ3v) is 8.76. The Balaban J connectivity index is 1.21. The van der Waals surface area contributed by atoms with Gasteiger partial charge in [0.25, 0.3) is 0 Å². The molecule has 176 valence electrons. The zero-order valence-corrected chi connectivity index (χ0v) is 19.6. The number of rotatable bonds is 5. The molecule has 0 amide bonds. The number of hydrogen-bond acceptors (Lipinski definition) is 7. The summed E-state index contributed by atoms with van der Waals surface area (Å²) in [6.45, 7) is 4.52. The Kier molecular flexibility index (Phi) is 6.37. The van der Waals surface area contributed by atoms with E-state index in [0.29, 0.717) is 31.1 Å². The van der Waals surface area contributed by atoms with Crippen LogP contribution >= 0.6 is 0 Å². The molecule has 0 atom stereocenters. The number of piperazine rings is 1. The number of ether oxygens (including phenoxy) is 1. The summed E-state index contributed by atoms with van der Waals surface area (Å²) in [4.78, 5) is 14.9. The second-order valence-electron chi connectivity index (χ2n) is 9.42. The van der Waals surface area contributed by atoms with E-state index >= 15 is 0 Å². The molecule has 10 heteroatoms. The number of hydrogen-bond donors (Lipinski definition) is 2. The molecule has 4 heterocycles. The summed E-state index contributed by atoms with van der Waals surface area (Å²) >= 11 is 0. The van der Waals surface area contributed by atoms with E-state index in [1.165, 1.54) is 11.8 Å². The SMILES string of the molecule is CS(=O)(=O)N1CCN([C@H]2CC[C@H](Nc3ncnc4[nH]cc(C5CCOCC5)c34)CC2)CC1. The van der Waals surface area contributed by atoms with Gasteiger partial charge in [-0.2, -0.15) is 4.31 Å². The third kappa shape index (κ3) is 4.64. The van der Waals surface area contributed by atoms with Crippen molar-refractivity contribution in [1.82, 2.24) is 24.2 Å². The van der Waals surface area contributed by atoms with E-state index in [1.54, 1.807) is 10.6 Å². The summed E-state index contributed by atoms with van der Waals surface area (Å²) in [6, 6.07) is 0.948. The summed E-state index contributed by atoms with van der Waals surface area (Å²) < 4.78 is 30.7. The lowest BCUT2D eigenvalue weighted by molar-refractivity contribution is 0.0856. The van der Waals surface area contributed by atoms with Crippen molar-refractivity contribution < 1.29 is 13.2 Å². The van der Waals surface area contributed by atoms with E-state index in [2.05, 4.69) is 31.4 Å². The van der Waals surface area contributed by atoms with Gasteiger partial charge in [0.1, 0.15) is 17.8 Å². The minimum absolute atomic E-state index is 0.402. The highest BCUT2D eigenvalue weighted by molar-refractivity contribution is 7.88. The molecule has 0 aromatic carbocycles. The van der Waals surface area contributed by atoms with Gasteiger partial charge in [0, 0.05) is 57.7 Å². The minimum Gasteiger partial charge on any atom is -0.381 e. The molecule has 2 aliphatic heterocycles. The number of aromatic nitrogens is 3. The van der Waals surface area contributed by atoms with Crippen LogP contribution in [0.25, 0.3) is 11.0 Å². The number of sulfonamides is 1. The predicted molar refractivity (Wildman–Crippen MR) is 124 cm³/mol. The summed E-state index contributed by atoms with van der Waals surface area (Å²) in [5, 5.41) is 4.87. The van der Waals surface area contributed by atoms with Crippen molar-refractivity contribution in [2.24, 2.45) is 0 Å². The predicted octanol–water partition coefficient (Wildman–Crippen LogP) is 2.15. The number of H-pyrrole nitrogens is 1. The lowest BCUT2D eigenvalue weighted by Gasteiger charge is -2.41. The van der Waals surface area contributed by atoms with Gasteiger partial charge in [-0.1, -0.05) is 0 Å². The summed E-state index contributed by atoms with van der Waals surface area (Å²) in [7, 11) is -3.07. The molecule has 2 saturated heterocycles. The van der Waals surface area contributed by atoms with E-state index in [9.17, 15) is 8.42 Å². The topological polar surface area (TPSA) is 103 Å². The number of fused-ring (bicyclic) bond motifs is 1. The maximum absolute atomic E-state index is 11.8. The van der Waals surface area contributed by atoms with Gasteiger partial charge < -0.3 is 15.0 Å². The van der Waals surface area contributed by atoms with Crippen molar-refractivity contribution in [2.45, 2.75) is 56.5 Å². The number of anilines is 1. The fourth-order valence-electron chi connectivity index (χ4n) is 5.61. The van der Waals surface area contributed by atoms with E-state index < -0.39 is 10.0 Å². The van der Waals surface area contributed by atoms with Crippen LogP contribution in [-0.4, -0.2) is 90.3 Å². The normalized spacial score (nSPS) is 27.0. The molecule has 1 aliphatic carbocycles. The van der Waals surface area contributed by atoms with E-state index in [-0.39, 0.29) is 0 Å². The lowest BCUT2D eigenvalue weighted by atomic mass is 9.89. The maximum atomic E-state index is 11.8. The van der Waals surface area contributed by atoms with Gasteiger partial charge in [-0.15, -0.1) is 0 Å². The van der Waals surface area contributed by atoms with Gasteiger partial charge in [0.2, 0.25) is 10.0 Å². The first-order valence-corrected chi connectivity index (χ1v) is 13.7. The zero-order valence-electron chi connectivity index (χ0n) is 18.8. The van der Waals surface area contributed by atoms with Crippen molar-refractivity contribution in [3.63, 3.8) is 0 Å². The van der Waals surface area contributed by atoms with Gasteiger partial charge in [-0.25, -0.2) is 18.4 Å². The van der Waals surface area contributed by atoms with Crippen LogP contribution in [0.3, 0.4) is 0 Å². The van der Waals surface area contributed by atoms with E-state index in [1.807, 2.05) is 0 Å². The van der Waals surface area contributed by atoms with Crippen LogP contribution in [0.5, 0.6) is 0 Å². The second-order valence-corrected chi connectivity index (χ2v) is 11.4. The Morgan fingerprint density at radius 2 is 1.75 bits per heavy atom. The van der Waals surface area contributed by atoms with Crippen molar-refractivity contribution in [1.29, 1.82) is 0 Å². The van der Waals surface area contributed by atoms with Crippen LogP contribution in [0.4, 0.5) is 5.82 Å². The third-order valence-electron chi connectivity index (χ3n) is 7.46. The smallest absolute Gasteiger partial charge is 0.211 e. The van der Waals surface area contributed by atoms with E-state index in [4.69, 9.17) is 4.74 Å². The van der Waals surface area contributed by atoms with Crippen molar-refractivity contribution in [3.8, 4) is 0 Å². The largest absolute Gasteiger partial charge is 0.381 e. The van der Waals surface area contributed by atoms with Gasteiger partial charge in [0.15, 0.2) is 0 Å². The van der Waals surface area contributed by atoms with Gasteiger partial charge in [-0.3, -0.25) is 4.90 Å². The van der Waals surface area contributed by atoms with Crippen LogP contribution in [0.15, 0.2) is 12.5 Å². The Hall–Kier alpha value is -1.75. The molecule has 5 rings (SSSR count). The van der Waals surface area contributed by atoms with Crippen molar-refractivity contribution >= 4 is 26.9 Å². The zero-order chi connectivity index (χ0) is 22.1. The highest BCUT2D eigenvalue weighted by Crippen LogP contribution is 2.36. The lowest BCUT2D eigenvalue weighted by Crippen LogP contribution is -2.52. The van der Waals surface area contributed by atoms with Gasteiger partial charge in [-0.05, 0) is 50.0 Å². The molecule has 9 nitrogen and oxygen atoms in total. The van der Waals surface area contributed by atoms with Crippen LogP contribution in [0.2, 0.25) is 0 Å². The Bertz CT molecular complexity index is 1020. The quantitative estimate of drug-likeness (QED) is 0.702. The molecular formula is C22H34N6O3S. The molecule has 0 spiro atoms. The first kappa shape index (κ1) is 22.1. The second kappa shape index (κ2) is 9.24. The molecule has 2 N–H and O–H groups in total. The maximum Gasteiger partial charge on any atom is 0.211 e. The standard InChI is InChI=1S/C22H34N6O3S/c1-32(29,30)28-10-8-27(9-11-28)18-4-2-17(3-5-18)26-22-20-19(16-6-12-31-13-7-16)14-23-21(20)24-15-25-22/h14-18H,2-13H2,1H3,(H2,23,24,25,26)/t17-,18-. The highest BCUT2D eigenvalue weighted by atomic mass is 32.2. The first-order valence-electron chi connectivity index (χ1n) is 11.8. The van der Waals surface area contributed by atoms with Gasteiger partial charge in [0.05, 0.1) is 11.6 Å². The average molecular weight is 463 g/mol. The fraction of sp³-hybridized carbons (Fsp3) is 0.727. The molecule has 32 heavy (non-hydrogen) atoms.